The monoisotopic (exact) mass is 198 g/mol. The molecule has 0 aromatic carbocycles. The molecular weight excluding hydrogens is 176 g/mol. The van der Waals surface area contributed by atoms with E-state index in [9.17, 15) is 5.11 Å². The first-order valence-electron chi connectivity index (χ1n) is 6.02. The van der Waals surface area contributed by atoms with Gasteiger partial charge >= 0.3 is 0 Å². The predicted molar refractivity (Wildman–Crippen MR) is 56.1 cm³/mol. The fraction of sp³-hybridized carbons (Fsp3) is 1.00. The molecule has 0 aromatic heterocycles. The van der Waals surface area contributed by atoms with Crippen LogP contribution < -0.4 is 0 Å². The third-order valence-corrected chi connectivity index (χ3v) is 3.93. The lowest BCUT2D eigenvalue weighted by molar-refractivity contribution is -0.0429. The van der Waals surface area contributed by atoms with Crippen LogP contribution in [0.15, 0.2) is 0 Å². The van der Waals surface area contributed by atoms with Crippen molar-refractivity contribution in [3.8, 4) is 0 Å². The Kier molecular flexibility index (Phi) is 2.85. The van der Waals surface area contributed by atoms with Crippen LogP contribution in [0.3, 0.4) is 0 Å². The quantitative estimate of drug-likeness (QED) is 0.735. The molecule has 2 heteroatoms. The lowest BCUT2D eigenvalue weighted by Crippen LogP contribution is -2.34. The Balaban J connectivity index is 1.65. The molecule has 2 aliphatic rings. The highest BCUT2D eigenvalue weighted by Crippen LogP contribution is 2.52. The summed E-state index contributed by atoms with van der Waals surface area (Å²) < 4.78 is 5.51. The minimum Gasteiger partial charge on any atom is -0.390 e. The van der Waals surface area contributed by atoms with Gasteiger partial charge in [0.05, 0.1) is 11.7 Å². The number of ether oxygens (including phenoxy) is 1. The third kappa shape index (κ3) is 1.96. The maximum atomic E-state index is 10.1. The van der Waals surface area contributed by atoms with E-state index in [4.69, 9.17) is 4.74 Å². The summed E-state index contributed by atoms with van der Waals surface area (Å²) in [6.45, 7) is 5.06. The molecule has 14 heavy (non-hydrogen) atoms. The minimum absolute atomic E-state index is 0.281. The van der Waals surface area contributed by atoms with Gasteiger partial charge in [0.25, 0.3) is 0 Å². The SMILES string of the molecule is CCOC1CC(CC2(O)CC2CC)C1. The minimum atomic E-state index is -0.281. The summed E-state index contributed by atoms with van der Waals surface area (Å²) in [5.74, 6) is 1.32. The second kappa shape index (κ2) is 3.82. The molecule has 0 aliphatic heterocycles. The second-order valence-electron chi connectivity index (χ2n) is 5.03. The Morgan fingerprint density at radius 1 is 1.36 bits per heavy atom. The van der Waals surface area contributed by atoms with Gasteiger partial charge < -0.3 is 9.84 Å². The van der Waals surface area contributed by atoms with Crippen LogP contribution in [0.1, 0.15) is 46.0 Å². The van der Waals surface area contributed by atoms with E-state index in [2.05, 4.69) is 13.8 Å². The Morgan fingerprint density at radius 3 is 2.57 bits per heavy atom. The number of aliphatic hydroxyl groups is 1. The number of hydrogen-bond donors (Lipinski definition) is 1. The van der Waals surface area contributed by atoms with Gasteiger partial charge in [-0.05, 0) is 44.4 Å². The maximum Gasteiger partial charge on any atom is 0.0683 e. The van der Waals surface area contributed by atoms with Gasteiger partial charge in [-0.25, -0.2) is 0 Å². The van der Waals surface area contributed by atoms with Crippen LogP contribution in [-0.4, -0.2) is 23.4 Å². The largest absolute Gasteiger partial charge is 0.390 e. The molecule has 2 saturated carbocycles. The molecule has 2 nitrogen and oxygen atoms in total. The molecule has 0 radical (unpaired) electrons. The van der Waals surface area contributed by atoms with Gasteiger partial charge in [0.1, 0.15) is 0 Å². The Labute approximate surface area is 86.6 Å². The van der Waals surface area contributed by atoms with Crippen LogP contribution in [0.5, 0.6) is 0 Å². The van der Waals surface area contributed by atoms with Gasteiger partial charge in [-0.15, -0.1) is 0 Å². The molecule has 0 amide bonds. The molecule has 0 aromatic rings. The van der Waals surface area contributed by atoms with Gasteiger partial charge in [-0.3, -0.25) is 0 Å². The first kappa shape index (κ1) is 10.4. The average Bonchev–Trinajstić information content (AvgIpc) is 2.74. The second-order valence-corrected chi connectivity index (χ2v) is 5.03. The zero-order valence-corrected chi connectivity index (χ0v) is 9.33. The lowest BCUT2D eigenvalue weighted by Gasteiger charge is -2.36. The van der Waals surface area contributed by atoms with Crippen LogP contribution >= 0.6 is 0 Å². The molecule has 1 N–H and O–H groups in total. The highest BCUT2D eigenvalue weighted by molar-refractivity contribution is 5.04. The van der Waals surface area contributed by atoms with E-state index in [0.29, 0.717) is 12.0 Å². The van der Waals surface area contributed by atoms with Crippen molar-refractivity contribution in [2.24, 2.45) is 11.8 Å². The zero-order chi connectivity index (χ0) is 10.2. The zero-order valence-electron chi connectivity index (χ0n) is 9.33. The fourth-order valence-electron chi connectivity index (χ4n) is 2.85. The Bertz CT molecular complexity index is 198. The standard InChI is InChI=1S/C12H22O2/c1-3-10-8-12(10,13)7-9-5-11(6-9)14-4-2/h9-11,13H,3-8H2,1-2H3. The normalized spacial score (nSPS) is 46.1. The van der Waals surface area contributed by atoms with E-state index in [1.807, 2.05) is 0 Å². The molecule has 0 saturated heterocycles. The number of rotatable bonds is 5. The van der Waals surface area contributed by atoms with E-state index in [-0.39, 0.29) is 5.60 Å². The van der Waals surface area contributed by atoms with E-state index in [1.54, 1.807) is 0 Å². The van der Waals surface area contributed by atoms with Gasteiger partial charge in [-0.1, -0.05) is 13.3 Å². The van der Waals surface area contributed by atoms with Crippen molar-refractivity contribution in [3.63, 3.8) is 0 Å². The summed E-state index contributed by atoms with van der Waals surface area (Å²) in [5.41, 5.74) is -0.281. The van der Waals surface area contributed by atoms with E-state index in [1.165, 1.54) is 12.8 Å². The summed E-state index contributed by atoms with van der Waals surface area (Å²) >= 11 is 0. The highest BCUT2D eigenvalue weighted by Gasteiger charge is 2.53. The van der Waals surface area contributed by atoms with Crippen LogP contribution in [0, 0.1) is 11.8 Å². The van der Waals surface area contributed by atoms with Crippen LogP contribution in [0.4, 0.5) is 0 Å². The van der Waals surface area contributed by atoms with Crippen LogP contribution in [0.25, 0.3) is 0 Å². The topological polar surface area (TPSA) is 29.5 Å². The Hall–Kier alpha value is -0.0800. The van der Waals surface area contributed by atoms with Crippen molar-refractivity contribution in [1.82, 2.24) is 0 Å². The molecule has 2 unspecified atom stereocenters. The molecule has 2 rings (SSSR count). The van der Waals surface area contributed by atoms with Crippen molar-refractivity contribution in [2.75, 3.05) is 6.61 Å². The van der Waals surface area contributed by atoms with E-state index in [0.717, 1.165) is 31.8 Å². The highest BCUT2D eigenvalue weighted by atomic mass is 16.5. The van der Waals surface area contributed by atoms with Crippen molar-refractivity contribution in [2.45, 2.75) is 57.7 Å². The first-order valence-corrected chi connectivity index (χ1v) is 6.02. The van der Waals surface area contributed by atoms with Crippen molar-refractivity contribution >= 4 is 0 Å². The van der Waals surface area contributed by atoms with Gasteiger partial charge in [-0.2, -0.15) is 0 Å². The summed E-state index contributed by atoms with van der Waals surface area (Å²) in [7, 11) is 0. The van der Waals surface area contributed by atoms with Gasteiger partial charge in [0.15, 0.2) is 0 Å². The maximum absolute atomic E-state index is 10.1. The number of hydrogen-bond acceptors (Lipinski definition) is 2. The van der Waals surface area contributed by atoms with Gasteiger partial charge in [0.2, 0.25) is 0 Å². The van der Waals surface area contributed by atoms with Crippen molar-refractivity contribution in [1.29, 1.82) is 0 Å². The van der Waals surface area contributed by atoms with Crippen molar-refractivity contribution < 1.29 is 9.84 Å². The Morgan fingerprint density at radius 2 is 2.07 bits per heavy atom. The smallest absolute Gasteiger partial charge is 0.0683 e. The molecule has 0 heterocycles. The lowest BCUT2D eigenvalue weighted by atomic mass is 9.77. The predicted octanol–water partition coefficient (Wildman–Crippen LogP) is 2.35. The van der Waals surface area contributed by atoms with Gasteiger partial charge in [0, 0.05) is 6.61 Å². The van der Waals surface area contributed by atoms with E-state index >= 15 is 0 Å². The summed E-state index contributed by atoms with van der Waals surface area (Å²) in [4.78, 5) is 0. The molecular formula is C12H22O2. The van der Waals surface area contributed by atoms with Crippen LogP contribution in [-0.2, 0) is 4.74 Å². The first-order chi connectivity index (χ1) is 6.68. The average molecular weight is 198 g/mol. The molecule has 2 atom stereocenters. The summed E-state index contributed by atoms with van der Waals surface area (Å²) in [6, 6.07) is 0. The summed E-state index contributed by atoms with van der Waals surface area (Å²) in [6.07, 6.45) is 6.04. The van der Waals surface area contributed by atoms with E-state index < -0.39 is 0 Å². The fourth-order valence-corrected chi connectivity index (χ4v) is 2.85. The van der Waals surface area contributed by atoms with Crippen molar-refractivity contribution in [3.05, 3.63) is 0 Å². The van der Waals surface area contributed by atoms with Crippen LogP contribution in [0.2, 0.25) is 0 Å². The summed E-state index contributed by atoms with van der Waals surface area (Å²) in [5, 5.41) is 10.1. The molecule has 2 fully saturated rings. The molecule has 0 spiro atoms. The molecule has 0 bridgehead atoms. The molecule has 2 aliphatic carbocycles. The molecule has 82 valence electrons. The third-order valence-electron chi connectivity index (χ3n) is 3.93.